The molecule has 0 bridgehead atoms. The van der Waals surface area contributed by atoms with Crippen molar-refractivity contribution in [3.8, 4) is 34.6 Å². The van der Waals surface area contributed by atoms with E-state index in [1.807, 2.05) is 100 Å². The Bertz CT molecular complexity index is 3710. The quantitative estimate of drug-likeness (QED) is 0.187. The van der Waals surface area contributed by atoms with Gasteiger partial charge >= 0.3 is 6.18 Å². The lowest BCUT2D eigenvalue weighted by Gasteiger charge is -2.20. The molecule has 0 spiro atoms. The van der Waals surface area contributed by atoms with Crippen LogP contribution in [0.3, 0.4) is 0 Å². The molecule has 0 amide bonds. The molecule has 12 rings (SSSR count). The summed E-state index contributed by atoms with van der Waals surface area (Å²) in [6.45, 7) is 0. The summed E-state index contributed by atoms with van der Waals surface area (Å²) in [5.41, 5.74) is 7.27. The third-order valence-electron chi connectivity index (χ3n) is 12.1. The fourth-order valence-corrected chi connectivity index (χ4v) is 9.48. The highest BCUT2D eigenvalue weighted by molar-refractivity contribution is 6.20. The monoisotopic (exact) mass is 780 g/mol. The van der Waals surface area contributed by atoms with E-state index in [9.17, 15) is 10.5 Å². The minimum absolute atomic E-state index is 0.101. The van der Waals surface area contributed by atoms with Gasteiger partial charge in [-0.2, -0.15) is 23.7 Å². The van der Waals surface area contributed by atoms with Crippen molar-refractivity contribution >= 4 is 87.2 Å². The second-order valence-electron chi connectivity index (χ2n) is 15.2. The molecule has 6 nitrogen and oxygen atoms in total. The van der Waals surface area contributed by atoms with E-state index in [1.165, 1.54) is 12.1 Å². The molecule has 4 heterocycles. The van der Waals surface area contributed by atoms with Crippen LogP contribution >= 0.6 is 0 Å². The molecule has 12 aromatic rings. The molecule has 8 aromatic carbocycles. The Hall–Kier alpha value is -8.27. The van der Waals surface area contributed by atoms with E-state index in [-0.39, 0.29) is 22.3 Å². The van der Waals surface area contributed by atoms with Crippen LogP contribution in [-0.2, 0) is 6.18 Å². The van der Waals surface area contributed by atoms with Crippen molar-refractivity contribution in [2.45, 2.75) is 6.18 Å². The number of alkyl halides is 3. The van der Waals surface area contributed by atoms with Gasteiger partial charge in [-0.25, -0.2) is 0 Å². The lowest BCUT2D eigenvalue weighted by atomic mass is 9.94. The van der Waals surface area contributed by atoms with Gasteiger partial charge in [-0.05, 0) is 83.9 Å². The summed E-state index contributed by atoms with van der Waals surface area (Å²) in [6, 6.07) is 51.8. The highest BCUT2D eigenvalue weighted by Gasteiger charge is 2.35. The third kappa shape index (κ3) is 4.69. The second kappa shape index (κ2) is 12.1. The molecular formula is C51H27F3N6. The SMILES string of the molecule is N#Cc1ccc(-c2cc(-n3c4ccccc4c4cc5[nH]c6ccccc6c5cc43)c(C#N)c(-n3c4ccccc4c4cc5[nH]c6ccccc6c5cc43)c2)c(C(F)(F)F)c1. The molecular weight excluding hydrogens is 754 g/mol. The van der Waals surface area contributed by atoms with Gasteiger partial charge < -0.3 is 19.1 Å². The number of hydrogen-bond donors (Lipinski definition) is 2. The van der Waals surface area contributed by atoms with Gasteiger partial charge in [0.25, 0.3) is 0 Å². The standard InChI is InChI=1S/C51H27F3N6/c52-51(53,54)40-19-28(26-55)17-18-30(40)29-20-47(59-45-15-7-3-11-33(45)37-22-43-35(24-49(37)59)31-9-1-5-13-41(31)57-43)39(27-56)48(21-29)60-46-16-8-4-12-34(46)38-23-44-36(25-50(38)60)32-10-2-6-14-42(32)58-44/h1-25,57-58H. The molecule has 0 aliphatic rings. The molecule has 282 valence electrons. The highest BCUT2D eigenvalue weighted by atomic mass is 19.4. The van der Waals surface area contributed by atoms with Crippen molar-refractivity contribution in [2.24, 2.45) is 0 Å². The molecule has 0 saturated heterocycles. The van der Waals surface area contributed by atoms with Crippen LogP contribution in [0.4, 0.5) is 13.2 Å². The van der Waals surface area contributed by atoms with Gasteiger partial charge in [0, 0.05) is 65.2 Å². The van der Waals surface area contributed by atoms with Crippen LogP contribution in [0, 0.1) is 22.7 Å². The Kier molecular flexibility index (Phi) is 6.84. The Balaban J connectivity index is 1.27. The van der Waals surface area contributed by atoms with Gasteiger partial charge in [0.05, 0.1) is 50.6 Å². The predicted molar refractivity (Wildman–Crippen MR) is 234 cm³/mol. The molecule has 4 aromatic heterocycles. The summed E-state index contributed by atoms with van der Waals surface area (Å²) in [5.74, 6) is 0. The number of hydrogen-bond acceptors (Lipinski definition) is 2. The van der Waals surface area contributed by atoms with Crippen LogP contribution in [0.25, 0.3) is 110 Å². The van der Waals surface area contributed by atoms with E-state index in [0.717, 1.165) is 93.3 Å². The predicted octanol–water partition coefficient (Wildman–Crippen LogP) is 13.6. The summed E-state index contributed by atoms with van der Waals surface area (Å²) < 4.78 is 49.3. The van der Waals surface area contributed by atoms with Crippen molar-refractivity contribution in [3.63, 3.8) is 0 Å². The minimum atomic E-state index is -4.78. The molecule has 60 heavy (non-hydrogen) atoms. The van der Waals surface area contributed by atoms with Gasteiger partial charge in [-0.1, -0.05) is 78.9 Å². The maximum Gasteiger partial charge on any atom is 0.417 e. The summed E-state index contributed by atoms with van der Waals surface area (Å²) in [7, 11) is 0. The number of nitrogens with one attached hydrogen (secondary N) is 2. The molecule has 0 fully saturated rings. The van der Waals surface area contributed by atoms with E-state index in [2.05, 4.69) is 52.4 Å². The number of rotatable bonds is 3. The third-order valence-corrected chi connectivity index (χ3v) is 12.1. The average Bonchev–Trinajstić information content (AvgIpc) is 4.01. The second-order valence-corrected chi connectivity index (χ2v) is 15.2. The first-order valence-electron chi connectivity index (χ1n) is 19.4. The van der Waals surface area contributed by atoms with Gasteiger partial charge in [0.15, 0.2) is 0 Å². The van der Waals surface area contributed by atoms with Gasteiger partial charge in [0.2, 0.25) is 0 Å². The maximum atomic E-state index is 15.1. The van der Waals surface area contributed by atoms with Crippen LogP contribution in [0.2, 0.25) is 0 Å². The number of nitriles is 2. The van der Waals surface area contributed by atoms with Gasteiger partial charge in [-0.3, -0.25) is 0 Å². The molecule has 0 aliphatic carbocycles. The molecule has 0 atom stereocenters. The zero-order valence-corrected chi connectivity index (χ0v) is 31.4. The largest absolute Gasteiger partial charge is 0.417 e. The summed E-state index contributed by atoms with van der Waals surface area (Å²) in [6.07, 6.45) is -4.78. The fraction of sp³-hybridized carbons (Fsp3) is 0.0196. The number of fused-ring (bicyclic) bond motifs is 12. The number of para-hydroxylation sites is 4. The average molecular weight is 781 g/mol. The summed E-state index contributed by atoms with van der Waals surface area (Å²) in [5, 5.41) is 28.9. The smallest absolute Gasteiger partial charge is 0.354 e. The van der Waals surface area contributed by atoms with Crippen molar-refractivity contribution in [2.75, 3.05) is 0 Å². The molecule has 0 aliphatic heterocycles. The zero-order valence-electron chi connectivity index (χ0n) is 31.4. The topological polar surface area (TPSA) is 89.0 Å². The van der Waals surface area contributed by atoms with E-state index in [0.29, 0.717) is 11.4 Å². The van der Waals surface area contributed by atoms with Gasteiger partial charge in [-0.15, -0.1) is 0 Å². The Morgan fingerprint density at radius 2 is 0.917 bits per heavy atom. The van der Waals surface area contributed by atoms with E-state index in [4.69, 9.17) is 0 Å². The van der Waals surface area contributed by atoms with Crippen molar-refractivity contribution in [1.82, 2.24) is 19.1 Å². The normalized spacial score (nSPS) is 12.2. The lowest BCUT2D eigenvalue weighted by molar-refractivity contribution is -0.137. The Labute approximate surface area is 338 Å². The number of halogens is 3. The van der Waals surface area contributed by atoms with Crippen molar-refractivity contribution in [3.05, 3.63) is 168 Å². The highest BCUT2D eigenvalue weighted by Crippen LogP contribution is 2.45. The number of nitrogens with zero attached hydrogens (tertiary/aromatic N) is 4. The van der Waals surface area contributed by atoms with Crippen LogP contribution in [0.1, 0.15) is 16.7 Å². The fourth-order valence-electron chi connectivity index (χ4n) is 9.48. The lowest BCUT2D eigenvalue weighted by Crippen LogP contribution is -2.09. The maximum absolute atomic E-state index is 15.1. The van der Waals surface area contributed by atoms with Crippen LogP contribution in [-0.4, -0.2) is 19.1 Å². The molecule has 0 saturated carbocycles. The van der Waals surface area contributed by atoms with Gasteiger partial charge in [0.1, 0.15) is 11.6 Å². The van der Waals surface area contributed by atoms with Crippen molar-refractivity contribution in [1.29, 1.82) is 10.5 Å². The first-order valence-corrected chi connectivity index (χ1v) is 19.4. The molecule has 0 radical (unpaired) electrons. The zero-order chi connectivity index (χ0) is 40.4. The number of aromatic amines is 2. The van der Waals surface area contributed by atoms with Crippen LogP contribution < -0.4 is 0 Å². The van der Waals surface area contributed by atoms with Crippen LogP contribution in [0.5, 0.6) is 0 Å². The first kappa shape index (κ1) is 33.8. The first-order chi connectivity index (χ1) is 29.3. The van der Waals surface area contributed by atoms with E-state index in [1.54, 1.807) is 12.1 Å². The van der Waals surface area contributed by atoms with Crippen molar-refractivity contribution < 1.29 is 13.2 Å². The van der Waals surface area contributed by atoms with Crippen LogP contribution in [0.15, 0.2) is 152 Å². The molecule has 2 N–H and O–H groups in total. The number of H-pyrrole nitrogens is 2. The molecule has 0 unspecified atom stereocenters. The number of benzene rings is 8. The summed E-state index contributed by atoms with van der Waals surface area (Å²) in [4.78, 5) is 7.11. The van der Waals surface area contributed by atoms with E-state index < -0.39 is 11.7 Å². The Morgan fingerprint density at radius 3 is 1.40 bits per heavy atom. The van der Waals surface area contributed by atoms with E-state index >= 15 is 13.2 Å². The number of aromatic nitrogens is 4. The Morgan fingerprint density at radius 1 is 0.433 bits per heavy atom. The molecule has 9 heteroatoms. The minimum Gasteiger partial charge on any atom is -0.354 e. The summed E-state index contributed by atoms with van der Waals surface area (Å²) >= 11 is 0.